The maximum atomic E-state index is 13.6. The summed E-state index contributed by atoms with van der Waals surface area (Å²) in [5.41, 5.74) is 5.09. The highest BCUT2D eigenvalue weighted by Gasteiger charge is 2.21. The Bertz CT molecular complexity index is 2240. The summed E-state index contributed by atoms with van der Waals surface area (Å²) in [6.07, 6.45) is -0.784. The van der Waals surface area contributed by atoms with Crippen LogP contribution in [-0.4, -0.2) is 93.3 Å². The average Bonchev–Trinajstić information content (AvgIpc) is 3.81. The van der Waals surface area contributed by atoms with Gasteiger partial charge >= 0.3 is 12.1 Å². The fourth-order valence-corrected chi connectivity index (χ4v) is 5.53. The van der Waals surface area contributed by atoms with Crippen molar-refractivity contribution in [3.63, 3.8) is 0 Å². The molecule has 0 amide bonds. The zero-order valence-electron chi connectivity index (χ0n) is 29.7. The average molecular weight is 773 g/mol. The maximum Gasteiger partial charge on any atom is 0.510 e. The molecule has 292 valence electrons. The zero-order valence-corrected chi connectivity index (χ0v) is 29.7. The number of ether oxygens (including phenoxy) is 4. The molecule has 0 aliphatic rings. The Morgan fingerprint density at radius 3 is 2.34 bits per heavy atom. The third kappa shape index (κ3) is 10.2. The number of hydrogen-bond donors (Lipinski definition) is 4. The van der Waals surface area contributed by atoms with Gasteiger partial charge in [-0.1, -0.05) is 66.7 Å². The topological polar surface area (TPSA) is 238 Å². The molecule has 6 rings (SSSR count). The maximum absolute atomic E-state index is 13.6. The van der Waals surface area contributed by atoms with E-state index < -0.39 is 22.9 Å². The molecular weight excluding hydrogens is 736 g/mol. The van der Waals surface area contributed by atoms with E-state index in [-0.39, 0.29) is 44.3 Å². The molecule has 0 unspecified atom stereocenters. The first-order valence-electron chi connectivity index (χ1n) is 17.0. The quantitative estimate of drug-likeness (QED) is 0.0387. The first kappa shape index (κ1) is 39.3. The van der Waals surface area contributed by atoms with Crippen molar-refractivity contribution >= 4 is 23.2 Å². The fraction of sp³-hybridized carbons (Fsp3) is 0.222. The second-order valence-corrected chi connectivity index (χ2v) is 11.7. The summed E-state index contributed by atoms with van der Waals surface area (Å²) in [5, 5.41) is 46.4. The molecule has 0 saturated heterocycles. The van der Waals surface area contributed by atoms with Gasteiger partial charge in [0.15, 0.2) is 0 Å². The van der Waals surface area contributed by atoms with Crippen molar-refractivity contribution in [2.24, 2.45) is 0 Å². The van der Waals surface area contributed by atoms with Gasteiger partial charge in [0.05, 0.1) is 60.3 Å². The van der Waals surface area contributed by atoms with Gasteiger partial charge in [0.2, 0.25) is 12.6 Å². The Hall–Kier alpha value is -6.36. The van der Waals surface area contributed by atoms with Crippen molar-refractivity contribution in [2.75, 3.05) is 19.8 Å². The van der Waals surface area contributed by atoms with Crippen molar-refractivity contribution in [3.8, 4) is 34.3 Å². The molecule has 2 heterocycles. The molecule has 0 fully saturated rings. The molecule has 0 radical (unpaired) electrons. The number of hydrogen-bond acceptors (Lipinski definition) is 18. The highest BCUT2D eigenvalue weighted by molar-refractivity contribution is 6.03. The zero-order chi connectivity index (χ0) is 39.4. The number of aromatic nitrogens is 6. The lowest BCUT2D eigenvalue weighted by atomic mass is 9.98. The molecule has 4 N–H and O–H groups in total. The molecule has 20 heteroatoms. The van der Waals surface area contributed by atoms with Crippen LogP contribution in [0.15, 0.2) is 91.0 Å². The molecular formula is C36H36N8O12. The van der Waals surface area contributed by atoms with E-state index in [2.05, 4.69) is 30.1 Å². The van der Waals surface area contributed by atoms with Crippen molar-refractivity contribution in [1.82, 2.24) is 40.5 Å². The van der Waals surface area contributed by atoms with Crippen molar-refractivity contribution in [3.05, 3.63) is 108 Å². The third-order valence-corrected chi connectivity index (χ3v) is 7.92. The van der Waals surface area contributed by atoms with Crippen molar-refractivity contribution in [1.29, 1.82) is 0 Å². The predicted molar refractivity (Wildman–Crippen MR) is 189 cm³/mol. The van der Waals surface area contributed by atoms with Crippen LogP contribution in [-0.2, 0) is 39.0 Å². The molecule has 0 aliphatic carbocycles. The van der Waals surface area contributed by atoms with Gasteiger partial charge in [0.1, 0.15) is 5.75 Å². The summed E-state index contributed by atoms with van der Waals surface area (Å²) >= 11 is 0. The Morgan fingerprint density at radius 2 is 1.57 bits per heavy atom. The van der Waals surface area contributed by atoms with E-state index in [1.165, 1.54) is 0 Å². The molecule has 6 aromatic rings. The van der Waals surface area contributed by atoms with E-state index >= 15 is 0 Å². The number of nitrogens with zero attached hydrogens (tertiary/aromatic N) is 8. The predicted octanol–water partition coefficient (Wildman–Crippen LogP) is 5.05. The summed E-state index contributed by atoms with van der Waals surface area (Å²) in [6, 6.07) is 27.2. The smallest absolute Gasteiger partial charge is 0.465 e. The van der Waals surface area contributed by atoms with Gasteiger partial charge in [0.25, 0.3) is 6.01 Å². The molecule has 4 aromatic carbocycles. The van der Waals surface area contributed by atoms with Crippen molar-refractivity contribution in [2.45, 2.75) is 33.2 Å². The Morgan fingerprint density at radius 1 is 0.804 bits per heavy atom. The van der Waals surface area contributed by atoms with Crippen molar-refractivity contribution < 1.29 is 59.0 Å². The summed E-state index contributed by atoms with van der Waals surface area (Å²) in [7, 11) is 0. The summed E-state index contributed by atoms with van der Waals surface area (Å²) < 4.78 is 23.3. The Labute approximate surface area is 317 Å². The SMILES string of the molecule is CCOc1nc2cccc(C(=O)Oc3cccc(CON(O)O)c3)c2n1Cc1ccc(-c2ccccc2-c2nnn(COC(=O)OCCCON(O)O)n2)cc1. The summed E-state index contributed by atoms with van der Waals surface area (Å²) in [4.78, 5) is 40.3. The van der Waals surface area contributed by atoms with Crippen LogP contribution in [0.1, 0.15) is 34.8 Å². The number of benzene rings is 4. The van der Waals surface area contributed by atoms with Crippen LogP contribution >= 0.6 is 0 Å². The first-order chi connectivity index (χ1) is 27.2. The van der Waals surface area contributed by atoms with E-state index in [0.29, 0.717) is 47.1 Å². The third-order valence-electron chi connectivity index (χ3n) is 7.92. The molecule has 20 nitrogen and oxygen atoms in total. The minimum absolute atomic E-state index is 0.0793. The van der Waals surface area contributed by atoms with Crippen LogP contribution in [0, 0.1) is 0 Å². The van der Waals surface area contributed by atoms with E-state index in [1.54, 1.807) is 42.5 Å². The standard InChI is InChI=1S/C36H36N8O12/c1-2-51-35-37-31-13-6-12-30(34(45)56-27-9-5-8-25(20-27)22-55-44(49)50)32(31)41(35)21-24-14-16-26(17-15-24)28-10-3-4-11-29(28)33-38-40-42(39-33)23-53-36(46)52-18-7-19-54-43(47)48/h3-6,8-17,20,47-50H,2,7,18-19,21-23H2,1H3. The molecule has 0 bridgehead atoms. The van der Waals surface area contributed by atoms with Crippen LogP contribution in [0.4, 0.5) is 4.79 Å². The van der Waals surface area contributed by atoms with E-state index in [0.717, 1.165) is 21.5 Å². The van der Waals surface area contributed by atoms with Gasteiger partial charge in [-0.05, 0) is 58.7 Å². The minimum atomic E-state index is -0.976. The molecule has 0 aliphatic heterocycles. The van der Waals surface area contributed by atoms with Gasteiger partial charge < -0.3 is 18.9 Å². The second-order valence-electron chi connectivity index (χ2n) is 11.7. The lowest BCUT2D eigenvalue weighted by Crippen LogP contribution is -2.17. The molecule has 56 heavy (non-hydrogen) atoms. The second kappa shape index (κ2) is 18.8. The molecule has 0 spiro atoms. The number of rotatable bonds is 18. The van der Waals surface area contributed by atoms with Crippen LogP contribution in [0.5, 0.6) is 11.8 Å². The molecule has 2 aromatic heterocycles. The first-order valence-corrected chi connectivity index (χ1v) is 17.0. The highest BCUT2D eigenvalue weighted by Crippen LogP contribution is 2.32. The summed E-state index contributed by atoms with van der Waals surface area (Å²) in [6.45, 7) is 1.79. The van der Waals surface area contributed by atoms with Gasteiger partial charge in [-0.15, -0.1) is 15.0 Å². The normalized spacial score (nSPS) is 11.3. The van der Waals surface area contributed by atoms with Crippen LogP contribution < -0.4 is 9.47 Å². The highest BCUT2D eigenvalue weighted by atomic mass is 17.1. The van der Waals surface area contributed by atoms with Gasteiger partial charge in [0, 0.05) is 12.0 Å². The minimum Gasteiger partial charge on any atom is -0.465 e. The number of carbonyl (C=O) groups is 2. The molecule has 0 saturated carbocycles. The fourth-order valence-electron chi connectivity index (χ4n) is 5.53. The largest absolute Gasteiger partial charge is 0.510 e. The van der Waals surface area contributed by atoms with Gasteiger partial charge in [-0.25, -0.2) is 14.4 Å². The van der Waals surface area contributed by atoms with Crippen LogP contribution in [0.3, 0.4) is 0 Å². The number of esters is 1. The summed E-state index contributed by atoms with van der Waals surface area (Å²) in [5.74, 6) is -0.104. The number of imidazole rings is 1. The number of fused-ring (bicyclic) bond motifs is 1. The Kier molecular flexibility index (Phi) is 13.2. The van der Waals surface area contributed by atoms with Gasteiger partial charge in [-0.3, -0.25) is 30.2 Å². The number of tetrazole rings is 1. The lowest BCUT2D eigenvalue weighted by Gasteiger charge is -2.13. The van der Waals surface area contributed by atoms with Gasteiger partial charge in [-0.2, -0.15) is 4.98 Å². The van der Waals surface area contributed by atoms with E-state index in [4.69, 9.17) is 39.8 Å². The van der Waals surface area contributed by atoms with E-state index in [1.807, 2.05) is 60.0 Å². The van der Waals surface area contributed by atoms with E-state index in [9.17, 15) is 9.59 Å². The Balaban J connectivity index is 1.17. The monoisotopic (exact) mass is 772 g/mol. The molecule has 0 atom stereocenters. The number of carbonyl (C=O) groups excluding carboxylic acids is 2. The number of para-hydroxylation sites is 1. The van der Waals surface area contributed by atoms with Crippen LogP contribution in [0.25, 0.3) is 33.5 Å². The lowest BCUT2D eigenvalue weighted by molar-refractivity contribution is -0.497. The van der Waals surface area contributed by atoms with Crippen LogP contribution in [0.2, 0.25) is 0 Å².